The van der Waals surface area contributed by atoms with Gasteiger partial charge in [-0.15, -0.1) is 0 Å². The highest BCUT2D eigenvalue weighted by molar-refractivity contribution is 5.93. The van der Waals surface area contributed by atoms with Crippen molar-refractivity contribution in [2.75, 3.05) is 13.2 Å². The van der Waals surface area contributed by atoms with E-state index in [-0.39, 0.29) is 24.2 Å². The van der Waals surface area contributed by atoms with Gasteiger partial charge in [0, 0.05) is 25.4 Å². The van der Waals surface area contributed by atoms with Crippen molar-refractivity contribution in [3.05, 3.63) is 77.1 Å². The number of hydrogen-bond acceptors (Lipinski definition) is 7. The van der Waals surface area contributed by atoms with Crippen molar-refractivity contribution in [3.63, 3.8) is 0 Å². The third-order valence-electron chi connectivity index (χ3n) is 6.38. The van der Waals surface area contributed by atoms with E-state index in [4.69, 9.17) is 14.2 Å². The predicted molar refractivity (Wildman–Crippen MR) is 148 cm³/mol. The maximum Gasteiger partial charge on any atom is 0.416 e. The van der Waals surface area contributed by atoms with Crippen molar-refractivity contribution in [1.82, 2.24) is 20.6 Å². The third-order valence-corrected chi connectivity index (χ3v) is 6.38. The lowest BCUT2D eigenvalue weighted by molar-refractivity contribution is -0.137. The second-order valence-electron chi connectivity index (χ2n) is 10.9. The molecular formula is C30H33F3N4O5. The lowest BCUT2D eigenvalue weighted by atomic mass is 9.95. The minimum Gasteiger partial charge on any atom is -0.458 e. The summed E-state index contributed by atoms with van der Waals surface area (Å²) in [5, 5.41) is 5.46. The predicted octanol–water partition coefficient (Wildman–Crippen LogP) is 5.85. The molecule has 2 amide bonds. The molecule has 1 aliphatic rings. The van der Waals surface area contributed by atoms with E-state index in [2.05, 4.69) is 20.6 Å². The Balaban J connectivity index is 1.45. The summed E-state index contributed by atoms with van der Waals surface area (Å²) in [6, 6.07) is 9.91. The van der Waals surface area contributed by atoms with E-state index in [9.17, 15) is 22.8 Å². The molecule has 1 aliphatic heterocycles. The number of carbonyl (C=O) groups is 2. The molecule has 224 valence electrons. The second-order valence-corrected chi connectivity index (χ2v) is 10.9. The van der Waals surface area contributed by atoms with Crippen molar-refractivity contribution in [2.24, 2.45) is 0 Å². The standard InChI is InChI=1S/C30H33F3N4O5/c1-18(37-26(38)22-15-34-27(35-16-22)41-24-11-12-40-17-24)19-5-7-20(8-6-19)25-13-23(30(31,32)33)10-9-21(25)14-36-28(39)42-29(2,3)4/h5-10,13,15-16,18,24H,11-12,14,17H2,1-4H3,(H,36,39)(H,37,38)/t18-,24-/m1/s1. The Morgan fingerprint density at radius 2 is 1.76 bits per heavy atom. The molecule has 2 heterocycles. The molecule has 4 rings (SSSR count). The number of carbonyl (C=O) groups excluding carboxylic acids is 2. The maximum atomic E-state index is 13.5. The van der Waals surface area contributed by atoms with Crippen LogP contribution in [0.15, 0.2) is 54.9 Å². The average Bonchev–Trinajstić information content (AvgIpc) is 3.44. The Hall–Kier alpha value is -4.19. The molecule has 1 saturated heterocycles. The number of rotatable bonds is 8. The zero-order valence-electron chi connectivity index (χ0n) is 23.7. The molecule has 0 aliphatic carbocycles. The molecule has 0 saturated carbocycles. The number of amides is 2. The van der Waals surface area contributed by atoms with E-state index in [1.165, 1.54) is 18.5 Å². The summed E-state index contributed by atoms with van der Waals surface area (Å²) in [6.45, 7) is 7.99. The number of hydrogen-bond donors (Lipinski definition) is 2. The molecule has 0 spiro atoms. The van der Waals surface area contributed by atoms with E-state index >= 15 is 0 Å². The van der Waals surface area contributed by atoms with Crippen LogP contribution in [0.2, 0.25) is 0 Å². The fourth-order valence-corrected chi connectivity index (χ4v) is 4.22. The summed E-state index contributed by atoms with van der Waals surface area (Å²) < 4.78 is 56.6. The number of halogens is 3. The Morgan fingerprint density at radius 1 is 1.07 bits per heavy atom. The molecule has 42 heavy (non-hydrogen) atoms. The molecule has 2 aromatic carbocycles. The quantitative estimate of drug-likeness (QED) is 0.341. The van der Waals surface area contributed by atoms with E-state index in [0.717, 1.165) is 24.1 Å². The molecule has 1 aromatic heterocycles. The molecule has 12 heteroatoms. The van der Waals surface area contributed by atoms with Crippen LogP contribution in [-0.4, -0.2) is 46.9 Å². The van der Waals surface area contributed by atoms with Crippen molar-refractivity contribution in [3.8, 4) is 17.1 Å². The maximum absolute atomic E-state index is 13.5. The van der Waals surface area contributed by atoms with E-state index in [1.807, 2.05) is 0 Å². The Kier molecular flexibility index (Phi) is 9.35. The van der Waals surface area contributed by atoms with Gasteiger partial charge in [-0.1, -0.05) is 30.3 Å². The van der Waals surface area contributed by atoms with Gasteiger partial charge < -0.3 is 24.8 Å². The molecule has 0 radical (unpaired) electrons. The summed E-state index contributed by atoms with van der Waals surface area (Å²) in [6.07, 6.45) is -1.82. The molecule has 1 fully saturated rings. The number of benzene rings is 2. The highest BCUT2D eigenvalue weighted by Crippen LogP contribution is 2.34. The smallest absolute Gasteiger partial charge is 0.416 e. The van der Waals surface area contributed by atoms with Crippen LogP contribution in [0.3, 0.4) is 0 Å². The van der Waals surface area contributed by atoms with Crippen LogP contribution in [0.5, 0.6) is 6.01 Å². The lowest BCUT2D eigenvalue weighted by Crippen LogP contribution is -2.32. The van der Waals surface area contributed by atoms with Gasteiger partial charge in [-0.3, -0.25) is 4.79 Å². The number of nitrogens with zero attached hydrogens (tertiary/aromatic N) is 2. The number of alkyl carbamates (subject to hydrolysis) is 1. The number of alkyl halides is 3. The van der Waals surface area contributed by atoms with Gasteiger partial charge in [0.1, 0.15) is 11.7 Å². The van der Waals surface area contributed by atoms with E-state index < -0.39 is 35.4 Å². The first-order valence-electron chi connectivity index (χ1n) is 13.4. The SMILES string of the molecule is C[C@@H](NC(=O)c1cnc(O[C@@H]2CCOC2)nc1)c1ccc(-c2cc(C(F)(F)F)ccc2CNC(=O)OC(C)(C)C)cc1. The first-order valence-corrected chi connectivity index (χ1v) is 13.4. The van der Waals surface area contributed by atoms with Gasteiger partial charge in [-0.25, -0.2) is 14.8 Å². The number of nitrogens with one attached hydrogen (secondary N) is 2. The van der Waals surface area contributed by atoms with Gasteiger partial charge >= 0.3 is 18.3 Å². The van der Waals surface area contributed by atoms with E-state index in [0.29, 0.717) is 29.9 Å². The first kappa shape index (κ1) is 30.8. The van der Waals surface area contributed by atoms with Gasteiger partial charge in [0.2, 0.25) is 0 Å². The zero-order chi connectivity index (χ0) is 30.5. The molecular weight excluding hydrogens is 553 g/mol. The second kappa shape index (κ2) is 12.8. The first-order chi connectivity index (χ1) is 19.8. The Bertz CT molecular complexity index is 1380. The van der Waals surface area contributed by atoms with Gasteiger partial charge in [0.05, 0.1) is 30.4 Å². The topological polar surface area (TPSA) is 112 Å². The Labute approximate surface area is 241 Å². The highest BCUT2D eigenvalue weighted by Gasteiger charge is 2.31. The van der Waals surface area contributed by atoms with Crippen LogP contribution in [0.4, 0.5) is 18.0 Å². The van der Waals surface area contributed by atoms with Crippen molar-refractivity contribution >= 4 is 12.0 Å². The molecule has 2 atom stereocenters. The fourth-order valence-electron chi connectivity index (χ4n) is 4.22. The van der Waals surface area contributed by atoms with Crippen molar-refractivity contribution < 1.29 is 37.0 Å². The zero-order valence-corrected chi connectivity index (χ0v) is 23.7. The van der Waals surface area contributed by atoms with Crippen LogP contribution < -0.4 is 15.4 Å². The summed E-state index contributed by atoms with van der Waals surface area (Å²) >= 11 is 0. The minimum atomic E-state index is -4.54. The molecule has 3 aromatic rings. The minimum absolute atomic E-state index is 0.0308. The van der Waals surface area contributed by atoms with Crippen LogP contribution in [-0.2, 0) is 22.2 Å². The van der Waals surface area contributed by atoms with E-state index in [1.54, 1.807) is 52.0 Å². The Morgan fingerprint density at radius 3 is 2.36 bits per heavy atom. The molecule has 9 nitrogen and oxygen atoms in total. The van der Waals surface area contributed by atoms with Crippen LogP contribution in [0, 0.1) is 0 Å². The van der Waals surface area contributed by atoms with Crippen molar-refractivity contribution in [1.29, 1.82) is 0 Å². The summed E-state index contributed by atoms with van der Waals surface area (Å²) in [5.41, 5.74) is 0.766. The summed E-state index contributed by atoms with van der Waals surface area (Å²) in [5.74, 6) is -0.393. The van der Waals surface area contributed by atoms with Gasteiger partial charge in [0.15, 0.2) is 0 Å². The summed E-state index contributed by atoms with van der Waals surface area (Å²) in [7, 11) is 0. The average molecular weight is 587 g/mol. The van der Waals surface area contributed by atoms with Gasteiger partial charge in [0.25, 0.3) is 5.91 Å². The molecule has 0 bridgehead atoms. The lowest BCUT2D eigenvalue weighted by Gasteiger charge is -2.20. The van der Waals surface area contributed by atoms with Crippen LogP contribution in [0.25, 0.3) is 11.1 Å². The normalized spacial score (nSPS) is 16.0. The van der Waals surface area contributed by atoms with Crippen molar-refractivity contribution in [2.45, 2.75) is 64.6 Å². The van der Waals surface area contributed by atoms with Crippen LogP contribution >= 0.6 is 0 Å². The molecule has 0 unspecified atom stereocenters. The summed E-state index contributed by atoms with van der Waals surface area (Å²) in [4.78, 5) is 33.1. The number of ether oxygens (including phenoxy) is 3. The highest BCUT2D eigenvalue weighted by atomic mass is 19.4. The number of aromatic nitrogens is 2. The monoisotopic (exact) mass is 586 g/mol. The van der Waals surface area contributed by atoms with Gasteiger partial charge in [-0.05, 0) is 62.1 Å². The third kappa shape index (κ3) is 8.41. The molecule has 2 N–H and O–H groups in total. The largest absolute Gasteiger partial charge is 0.458 e. The van der Waals surface area contributed by atoms with Crippen LogP contribution in [0.1, 0.15) is 67.2 Å². The fraction of sp³-hybridized carbons (Fsp3) is 0.400. The van der Waals surface area contributed by atoms with Gasteiger partial charge in [-0.2, -0.15) is 13.2 Å².